The first kappa shape index (κ1) is 17.9. The summed E-state index contributed by atoms with van der Waals surface area (Å²) in [7, 11) is 0. The maximum absolute atomic E-state index is 13.6. The predicted octanol–water partition coefficient (Wildman–Crippen LogP) is 2.79. The summed E-state index contributed by atoms with van der Waals surface area (Å²) < 4.78 is 0. The summed E-state index contributed by atoms with van der Waals surface area (Å²) in [4.78, 5) is 27.7. The standard InChI is InChI=1S/C23H24N4O2/c24-22(28)21-14-19(25-27(21)17-7-2-1-3-8-17)23(29)26(16-11-12-16)20-13-10-15-6-4-5-9-18(15)20/h1-9,16,20-21H,10-14H2,(H2,24,28). The highest BCUT2D eigenvalue weighted by molar-refractivity contribution is 6.40. The molecule has 29 heavy (non-hydrogen) atoms. The molecule has 1 saturated carbocycles. The van der Waals surface area contributed by atoms with Crippen LogP contribution >= 0.6 is 0 Å². The molecule has 1 aliphatic heterocycles. The Morgan fingerprint density at radius 1 is 1.00 bits per heavy atom. The number of aryl methyl sites for hydroxylation is 1. The maximum Gasteiger partial charge on any atom is 0.270 e. The molecule has 1 heterocycles. The molecular weight excluding hydrogens is 364 g/mol. The van der Waals surface area contributed by atoms with E-state index in [2.05, 4.69) is 23.3 Å². The second-order valence-corrected chi connectivity index (χ2v) is 8.05. The molecule has 5 rings (SSSR count). The molecule has 6 heteroatoms. The second-order valence-electron chi connectivity index (χ2n) is 8.05. The van der Waals surface area contributed by atoms with Crippen molar-refractivity contribution in [3.8, 4) is 0 Å². The minimum absolute atomic E-state index is 0.0566. The third-order valence-corrected chi connectivity index (χ3v) is 6.12. The molecule has 2 aliphatic carbocycles. The number of nitrogens with zero attached hydrogens (tertiary/aromatic N) is 3. The highest BCUT2D eigenvalue weighted by atomic mass is 16.2. The lowest BCUT2D eigenvalue weighted by Gasteiger charge is -2.30. The fraction of sp³-hybridized carbons (Fsp3) is 0.348. The lowest BCUT2D eigenvalue weighted by Crippen LogP contribution is -2.42. The molecule has 148 valence electrons. The third-order valence-electron chi connectivity index (χ3n) is 6.12. The van der Waals surface area contributed by atoms with Gasteiger partial charge in [-0.1, -0.05) is 42.5 Å². The van der Waals surface area contributed by atoms with Gasteiger partial charge in [0.15, 0.2) is 0 Å². The average molecular weight is 388 g/mol. The number of benzene rings is 2. The number of anilines is 1. The minimum Gasteiger partial charge on any atom is -0.368 e. The summed E-state index contributed by atoms with van der Waals surface area (Å²) in [5.41, 5.74) is 9.41. The monoisotopic (exact) mass is 388 g/mol. The number of para-hydroxylation sites is 1. The van der Waals surface area contributed by atoms with E-state index in [1.165, 1.54) is 11.1 Å². The number of hydrogen-bond donors (Lipinski definition) is 1. The lowest BCUT2D eigenvalue weighted by molar-refractivity contribution is -0.127. The van der Waals surface area contributed by atoms with Gasteiger partial charge in [-0.25, -0.2) is 0 Å². The molecule has 3 aliphatic rings. The molecule has 1 fully saturated rings. The molecule has 2 amide bonds. The summed E-state index contributed by atoms with van der Waals surface area (Å²) in [6, 6.07) is 17.5. The van der Waals surface area contributed by atoms with E-state index in [1.54, 1.807) is 5.01 Å². The van der Waals surface area contributed by atoms with Gasteiger partial charge in [0.2, 0.25) is 5.91 Å². The molecule has 0 saturated heterocycles. The number of nitrogens with two attached hydrogens (primary N) is 1. The molecule has 0 radical (unpaired) electrons. The van der Waals surface area contributed by atoms with Gasteiger partial charge in [0.25, 0.3) is 5.91 Å². The molecule has 2 unspecified atom stereocenters. The van der Waals surface area contributed by atoms with Crippen molar-refractivity contribution in [1.82, 2.24) is 4.90 Å². The van der Waals surface area contributed by atoms with E-state index in [1.807, 2.05) is 41.3 Å². The van der Waals surface area contributed by atoms with Gasteiger partial charge in [0.05, 0.1) is 11.7 Å². The van der Waals surface area contributed by atoms with Gasteiger partial charge in [0, 0.05) is 12.5 Å². The fourth-order valence-corrected chi connectivity index (χ4v) is 4.57. The van der Waals surface area contributed by atoms with Crippen LogP contribution in [0.25, 0.3) is 0 Å². The van der Waals surface area contributed by atoms with Crippen molar-refractivity contribution in [3.63, 3.8) is 0 Å². The van der Waals surface area contributed by atoms with Crippen molar-refractivity contribution in [1.29, 1.82) is 0 Å². The zero-order valence-corrected chi connectivity index (χ0v) is 16.2. The number of hydrazone groups is 1. The lowest BCUT2D eigenvalue weighted by atomic mass is 10.0. The Morgan fingerprint density at radius 2 is 1.72 bits per heavy atom. The first-order valence-corrected chi connectivity index (χ1v) is 10.2. The fourth-order valence-electron chi connectivity index (χ4n) is 4.57. The van der Waals surface area contributed by atoms with Gasteiger partial charge in [-0.2, -0.15) is 5.10 Å². The summed E-state index contributed by atoms with van der Waals surface area (Å²) in [5.74, 6) is -0.525. The molecule has 0 spiro atoms. The summed E-state index contributed by atoms with van der Waals surface area (Å²) in [6.07, 6.45) is 4.24. The number of carbonyl (C=O) groups is 2. The van der Waals surface area contributed by atoms with Crippen LogP contribution in [0.5, 0.6) is 0 Å². The zero-order chi connectivity index (χ0) is 20.0. The van der Waals surface area contributed by atoms with E-state index < -0.39 is 11.9 Å². The van der Waals surface area contributed by atoms with Crippen LogP contribution in [0, 0.1) is 0 Å². The van der Waals surface area contributed by atoms with Gasteiger partial charge in [-0.15, -0.1) is 0 Å². The van der Waals surface area contributed by atoms with E-state index >= 15 is 0 Å². The summed E-state index contributed by atoms with van der Waals surface area (Å²) >= 11 is 0. The first-order chi connectivity index (χ1) is 14.1. The van der Waals surface area contributed by atoms with Gasteiger partial charge in [0.1, 0.15) is 11.8 Å². The molecule has 2 aromatic rings. The van der Waals surface area contributed by atoms with Crippen molar-refractivity contribution in [2.75, 3.05) is 5.01 Å². The Bertz CT molecular complexity index is 983. The van der Waals surface area contributed by atoms with E-state index in [9.17, 15) is 9.59 Å². The van der Waals surface area contributed by atoms with Crippen molar-refractivity contribution in [2.24, 2.45) is 10.8 Å². The van der Waals surface area contributed by atoms with Crippen LogP contribution in [-0.2, 0) is 16.0 Å². The number of carbonyl (C=O) groups excluding carboxylic acids is 2. The summed E-state index contributed by atoms with van der Waals surface area (Å²) in [6.45, 7) is 0. The van der Waals surface area contributed by atoms with E-state index in [4.69, 9.17) is 5.73 Å². The highest BCUT2D eigenvalue weighted by Gasteiger charge is 2.44. The predicted molar refractivity (Wildman–Crippen MR) is 111 cm³/mol. The van der Waals surface area contributed by atoms with Crippen LogP contribution in [0.1, 0.15) is 42.9 Å². The molecule has 0 aromatic heterocycles. The van der Waals surface area contributed by atoms with Crippen LogP contribution in [0.4, 0.5) is 5.69 Å². The summed E-state index contributed by atoms with van der Waals surface area (Å²) in [5, 5.41) is 6.18. The quantitative estimate of drug-likeness (QED) is 0.855. The van der Waals surface area contributed by atoms with E-state index in [-0.39, 0.29) is 24.4 Å². The Kier molecular flexibility index (Phi) is 4.34. The van der Waals surface area contributed by atoms with Crippen molar-refractivity contribution in [2.45, 2.75) is 50.2 Å². The Morgan fingerprint density at radius 3 is 2.45 bits per heavy atom. The zero-order valence-electron chi connectivity index (χ0n) is 16.2. The number of amides is 2. The molecule has 6 nitrogen and oxygen atoms in total. The largest absolute Gasteiger partial charge is 0.368 e. The molecular formula is C23H24N4O2. The Balaban J connectivity index is 1.46. The highest BCUT2D eigenvalue weighted by Crippen LogP contribution is 2.42. The van der Waals surface area contributed by atoms with E-state index in [0.29, 0.717) is 5.71 Å². The van der Waals surface area contributed by atoms with Gasteiger partial charge in [-0.3, -0.25) is 14.6 Å². The van der Waals surface area contributed by atoms with Crippen LogP contribution in [-0.4, -0.2) is 34.5 Å². The number of primary amides is 1. The van der Waals surface area contributed by atoms with Crippen LogP contribution in [0.15, 0.2) is 59.7 Å². The van der Waals surface area contributed by atoms with E-state index in [0.717, 1.165) is 31.4 Å². The molecule has 2 N–H and O–H groups in total. The molecule has 2 aromatic carbocycles. The smallest absolute Gasteiger partial charge is 0.270 e. The van der Waals surface area contributed by atoms with Crippen LogP contribution in [0.2, 0.25) is 0 Å². The van der Waals surface area contributed by atoms with Gasteiger partial charge in [-0.05, 0) is 48.9 Å². The topological polar surface area (TPSA) is 79.0 Å². The normalized spacial score (nSPS) is 22.9. The number of fused-ring (bicyclic) bond motifs is 1. The number of rotatable bonds is 5. The van der Waals surface area contributed by atoms with Crippen LogP contribution < -0.4 is 10.7 Å². The molecule has 0 bridgehead atoms. The Labute approximate surface area is 170 Å². The van der Waals surface area contributed by atoms with Gasteiger partial charge >= 0.3 is 0 Å². The van der Waals surface area contributed by atoms with Gasteiger partial charge < -0.3 is 10.6 Å². The van der Waals surface area contributed by atoms with Crippen LogP contribution in [0.3, 0.4) is 0 Å². The minimum atomic E-state index is -0.631. The van der Waals surface area contributed by atoms with Crippen molar-refractivity contribution in [3.05, 3.63) is 65.7 Å². The van der Waals surface area contributed by atoms with Crippen molar-refractivity contribution < 1.29 is 9.59 Å². The SMILES string of the molecule is NC(=O)C1CC(C(=O)N(C2CC2)C2CCc3ccccc32)=NN1c1ccccc1. The van der Waals surface area contributed by atoms with Crippen molar-refractivity contribution >= 4 is 23.2 Å². The Hall–Kier alpha value is -3.15. The average Bonchev–Trinajstić information content (AvgIpc) is 3.32. The maximum atomic E-state index is 13.6. The second kappa shape index (κ2) is 7.03. The third kappa shape index (κ3) is 3.18. The molecule has 2 atom stereocenters. The first-order valence-electron chi connectivity index (χ1n) is 10.2. The number of hydrogen-bond acceptors (Lipinski definition) is 4.